The fourth-order valence-electron chi connectivity index (χ4n) is 6.60. The molecule has 1 amide bonds. The fraction of sp³-hybridized carbons (Fsp3) is 0.417. The highest BCUT2D eigenvalue weighted by molar-refractivity contribution is 5.76. The zero-order chi connectivity index (χ0) is 32.8. The number of aromatic nitrogens is 2. The van der Waals surface area contributed by atoms with Crippen molar-refractivity contribution in [1.82, 2.24) is 19.8 Å². The largest absolute Gasteiger partial charge is 0.481 e. The lowest BCUT2D eigenvalue weighted by Gasteiger charge is -2.40. The number of aliphatic carboxylic acids is 1. The Morgan fingerprint density at radius 1 is 0.894 bits per heavy atom. The van der Waals surface area contributed by atoms with Gasteiger partial charge < -0.3 is 34.9 Å². The molecule has 0 bridgehead atoms. The molecule has 11 heteroatoms. The van der Waals surface area contributed by atoms with Crippen molar-refractivity contribution >= 4 is 22.9 Å². The van der Waals surface area contributed by atoms with Crippen LogP contribution in [0.3, 0.4) is 0 Å². The number of carboxylic acid groups (broad SMARTS) is 1. The maximum Gasteiger partial charge on any atom is 0.326 e. The number of nitrogens with one attached hydrogen (secondary N) is 2. The lowest BCUT2D eigenvalue weighted by molar-refractivity contribution is -0.253. The minimum absolute atomic E-state index is 0.0179. The van der Waals surface area contributed by atoms with Crippen LogP contribution in [0.1, 0.15) is 79.2 Å². The van der Waals surface area contributed by atoms with E-state index in [9.17, 15) is 19.5 Å². The van der Waals surface area contributed by atoms with E-state index in [0.29, 0.717) is 19.4 Å². The first kappa shape index (κ1) is 32.6. The van der Waals surface area contributed by atoms with Gasteiger partial charge in [0.2, 0.25) is 5.91 Å². The molecule has 0 saturated carbocycles. The number of ether oxygens (including phenoxy) is 2. The highest BCUT2D eigenvalue weighted by Crippen LogP contribution is 2.38. The maximum atomic E-state index is 12.8. The first-order valence-electron chi connectivity index (χ1n) is 16.4. The van der Waals surface area contributed by atoms with Gasteiger partial charge in [-0.25, -0.2) is 4.79 Å². The molecule has 2 saturated heterocycles. The summed E-state index contributed by atoms with van der Waals surface area (Å²) in [6, 6.07) is 23.6. The van der Waals surface area contributed by atoms with E-state index in [-0.39, 0.29) is 49.3 Å². The predicted octanol–water partition coefficient (Wildman–Crippen LogP) is 4.58. The smallest absolute Gasteiger partial charge is 0.326 e. The number of amides is 1. The highest BCUT2D eigenvalue weighted by Gasteiger charge is 2.34. The van der Waals surface area contributed by atoms with Crippen LogP contribution in [0.5, 0.6) is 0 Å². The van der Waals surface area contributed by atoms with Crippen molar-refractivity contribution in [1.29, 1.82) is 0 Å². The number of hydrogen-bond acceptors (Lipinski definition) is 7. The molecule has 2 aliphatic heterocycles. The molecule has 3 aromatic carbocycles. The van der Waals surface area contributed by atoms with Crippen LogP contribution < -0.4 is 11.0 Å². The van der Waals surface area contributed by atoms with E-state index < -0.39 is 12.3 Å². The van der Waals surface area contributed by atoms with Crippen molar-refractivity contribution in [3.05, 3.63) is 106 Å². The van der Waals surface area contributed by atoms with Crippen LogP contribution in [0.2, 0.25) is 0 Å². The molecule has 3 heterocycles. The number of carbonyl (C=O) groups is 2. The summed E-state index contributed by atoms with van der Waals surface area (Å²) in [7, 11) is 0. The second kappa shape index (κ2) is 15.1. The van der Waals surface area contributed by atoms with Crippen molar-refractivity contribution in [2.45, 2.75) is 76.2 Å². The third-order valence-corrected chi connectivity index (χ3v) is 9.16. The van der Waals surface area contributed by atoms with Gasteiger partial charge in [-0.05, 0) is 48.1 Å². The first-order valence-corrected chi connectivity index (χ1v) is 16.4. The monoisotopic (exact) mass is 642 g/mol. The van der Waals surface area contributed by atoms with Gasteiger partial charge in [0, 0.05) is 57.0 Å². The minimum Gasteiger partial charge on any atom is -0.481 e. The van der Waals surface area contributed by atoms with Gasteiger partial charge in [0.05, 0.1) is 29.8 Å². The zero-order valence-electron chi connectivity index (χ0n) is 26.3. The number of aromatic amines is 1. The molecule has 0 radical (unpaired) electrons. The third kappa shape index (κ3) is 8.17. The first-order chi connectivity index (χ1) is 22.9. The Kier molecular flexibility index (Phi) is 10.5. The average Bonchev–Trinajstić information content (AvgIpc) is 3.43. The molecule has 4 N–H and O–H groups in total. The molecule has 1 aromatic heterocycles. The number of aliphatic hydroxyl groups excluding tert-OH is 1. The van der Waals surface area contributed by atoms with E-state index in [1.807, 2.05) is 77.4 Å². The Bertz CT molecular complexity index is 1710. The summed E-state index contributed by atoms with van der Waals surface area (Å²) < 4.78 is 15.0. The number of piperidine rings is 1. The number of carbonyl (C=O) groups excluding carboxylic acids is 1. The summed E-state index contributed by atoms with van der Waals surface area (Å²) in [5.41, 5.74) is 5.42. The Morgan fingerprint density at radius 2 is 1.60 bits per heavy atom. The molecule has 2 aliphatic rings. The van der Waals surface area contributed by atoms with E-state index in [1.54, 1.807) is 0 Å². The van der Waals surface area contributed by atoms with Crippen LogP contribution in [0, 0.1) is 0 Å². The number of imidazole rings is 1. The van der Waals surface area contributed by atoms with Crippen LogP contribution in [0.4, 0.5) is 0 Å². The topological polar surface area (TPSA) is 146 Å². The lowest BCUT2D eigenvalue weighted by Crippen LogP contribution is -2.43. The lowest BCUT2D eigenvalue weighted by atomic mass is 9.98. The van der Waals surface area contributed by atoms with E-state index >= 15 is 0 Å². The summed E-state index contributed by atoms with van der Waals surface area (Å²) in [5.74, 6) is -1.08. The number of fused-ring (bicyclic) bond motifs is 1. The number of likely N-dealkylation sites (tertiary alicyclic amines) is 1. The van der Waals surface area contributed by atoms with E-state index in [2.05, 4.69) is 15.2 Å². The van der Waals surface area contributed by atoms with Crippen molar-refractivity contribution in [3.63, 3.8) is 0 Å². The fourth-order valence-corrected chi connectivity index (χ4v) is 6.60. The van der Waals surface area contributed by atoms with E-state index in [1.165, 1.54) is 0 Å². The number of benzene rings is 3. The predicted molar refractivity (Wildman–Crippen MR) is 175 cm³/mol. The van der Waals surface area contributed by atoms with Crippen molar-refractivity contribution in [2.24, 2.45) is 0 Å². The van der Waals surface area contributed by atoms with Gasteiger partial charge in [0.25, 0.3) is 0 Å². The van der Waals surface area contributed by atoms with E-state index in [4.69, 9.17) is 14.6 Å². The van der Waals surface area contributed by atoms with Gasteiger partial charge in [-0.1, -0.05) is 60.7 Å². The number of rotatable bonds is 12. The molecule has 11 nitrogen and oxygen atoms in total. The molecular weight excluding hydrogens is 600 g/mol. The summed E-state index contributed by atoms with van der Waals surface area (Å²) >= 11 is 0. The van der Waals surface area contributed by atoms with Crippen LogP contribution in [0.25, 0.3) is 11.0 Å². The van der Waals surface area contributed by atoms with Gasteiger partial charge in [-0.3, -0.25) is 14.2 Å². The molecule has 0 unspecified atom stereocenters. The summed E-state index contributed by atoms with van der Waals surface area (Å²) in [6.45, 7) is 2.79. The van der Waals surface area contributed by atoms with E-state index in [0.717, 1.165) is 65.8 Å². The van der Waals surface area contributed by atoms with Gasteiger partial charge in [0.1, 0.15) is 0 Å². The third-order valence-electron chi connectivity index (χ3n) is 9.16. The maximum absolute atomic E-state index is 12.8. The van der Waals surface area contributed by atoms with Gasteiger partial charge in [0.15, 0.2) is 6.29 Å². The van der Waals surface area contributed by atoms with Gasteiger partial charge in [-0.15, -0.1) is 0 Å². The Hall–Kier alpha value is -4.29. The number of hydrogen-bond donors (Lipinski definition) is 4. The van der Waals surface area contributed by atoms with Gasteiger partial charge >= 0.3 is 11.7 Å². The van der Waals surface area contributed by atoms with Crippen molar-refractivity contribution in [3.8, 4) is 0 Å². The zero-order valence-corrected chi connectivity index (χ0v) is 26.3. The second-order valence-electron chi connectivity index (χ2n) is 12.5. The standard InChI is InChI=1S/C36H42N4O7/c41-23-25-10-12-26(13-11-25)32-20-29(22-39-18-16-28(17-19-39)40-31-5-2-1-4-30(31)38-36(40)45)46-35(47-32)27-14-8-24(9-15-27)21-37-33(42)6-3-7-34(43)44/h1-2,4-5,8-15,28-29,32,35,41H,3,6-7,16-23H2,(H,37,42)(H,38,45)(H,43,44)/t29-,32+,35+/m0/s1. The molecule has 248 valence electrons. The second-order valence-corrected chi connectivity index (χ2v) is 12.5. The molecule has 6 rings (SSSR count). The number of H-pyrrole nitrogens is 1. The molecule has 4 aromatic rings. The molecule has 2 fully saturated rings. The van der Waals surface area contributed by atoms with Crippen LogP contribution in [-0.2, 0) is 32.2 Å². The number of nitrogens with zero attached hydrogens (tertiary/aromatic N) is 2. The van der Waals surface area contributed by atoms with Crippen LogP contribution in [0.15, 0.2) is 77.6 Å². The molecular formula is C36H42N4O7. The molecule has 47 heavy (non-hydrogen) atoms. The average molecular weight is 643 g/mol. The van der Waals surface area contributed by atoms with Crippen LogP contribution in [-0.4, -0.2) is 62.3 Å². The number of carboxylic acids is 1. The molecule has 0 aliphatic carbocycles. The highest BCUT2D eigenvalue weighted by atomic mass is 16.7. The normalized spacial score (nSPS) is 20.7. The Balaban J connectivity index is 1.10. The van der Waals surface area contributed by atoms with Crippen molar-refractivity contribution < 1.29 is 29.3 Å². The quantitative estimate of drug-likeness (QED) is 0.176. The summed E-state index contributed by atoms with van der Waals surface area (Å²) in [6.07, 6.45) is 2.02. The van der Waals surface area contributed by atoms with Crippen molar-refractivity contribution in [2.75, 3.05) is 19.6 Å². The summed E-state index contributed by atoms with van der Waals surface area (Å²) in [5, 5.41) is 21.1. The number of aliphatic hydroxyl groups is 1. The molecule has 3 atom stereocenters. The number of para-hydroxylation sites is 2. The Labute approximate surface area is 273 Å². The van der Waals surface area contributed by atoms with Crippen LogP contribution >= 0.6 is 0 Å². The summed E-state index contributed by atoms with van der Waals surface area (Å²) in [4.78, 5) is 41.0. The Morgan fingerprint density at radius 3 is 2.32 bits per heavy atom. The SMILES string of the molecule is O=C(O)CCCC(=O)NCc1ccc([C@@H]2O[C@H](CN3CCC(n4c(=O)[nH]c5ccccc54)CC3)C[C@H](c3ccc(CO)cc3)O2)cc1. The minimum atomic E-state index is -0.906. The molecule has 0 spiro atoms. The van der Waals surface area contributed by atoms with Gasteiger partial charge in [-0.2, -0.15) is 0 Å².